The Kier molecular flexibility index (Phi) is 4.61. The van der Waals surface area contributed by atoms with Gasteiger partial charge in [-0.2, -0.15) is 10.4 Å². The molecule has 29 heavy (non-hydrogen) atoms. The van der Waals surface area contributed by atoms with Crippen molar-refractivity contribution in [3.05, 3.63) is 82.4 Å². The van der Waals surface area contributed by atoms with E-state index in [9.17, 15) is 10.1 Å². The molecule has 2 aromatic heterocycles. The summed E-state index contributed by atoms with van der Waals surface area (Å²) in [6.07, 6.45) is 4.90. The van der Waals surface area contributed by atoms with Crippen molar-refractivity contribution in [2.75, 3.05) is 10.6 Å². The highest BCUT2D eigenvalue weighted by molar-refractivity contribution is 6.06. The number of carbonyl (C=O) groups excluding carboxylic acids is 1. The van der Waals surface area contributed by atoms with Crippen LogP contribution in [0.3, 0.4) is 0 Å². The second kappa shape index (κ2) is 7.24. The van der Waals surface area contributed by atoms with Gasteiger partial charge in [-0.05, 0) is 44.0 Å². The van der Waals surface area contributed by atoms with Crippen molar-refractivity contribution in [2.45, 2.75) is 26.8 Å². The van der Waals surface area contributed by atoms with E-state index in [-0.39, 0.29) is 5.91 Å². The van der Waals surface area contributed by atoms with Gasteiger partial charge in [0.05, 0.1) is 11.8 Å². The zero-order valence-electron chi connectivity index (χ0n) is 16.4. The Hall–Kier alpha value is -3.92. The quantitative estimate of drug-likeness (QED) is 0.718. The second-order valence-electron chi connectivity index (χ2n) is 7.09. The van der Waals surface area contributed by atoms with Crippen molar-refractivity contribution in [3.8, 4) is 6.07 Å². The zero-order chi connectivity index (χ0) is 20.5. The lowest BCUT2D eigenvalue weighted by Crippen LogP contribution is -2.31. The number of hydrogen-bond acceptors (Lipinski definition) is 5. The molecule has 144 valence electrons. The standard InChI is InChI=1S/C22H20N6O/c1-13-6-7-18(14(2)9-13)27-22(29)19-15(3)26-21-17(10-23)12-25-28(21)20(19)16-5-4-8-24-11-16/h4-9,11-12,20,26H,1-3H3,(H,27,29). The van der Waals surface area contributed by atoms with Gasteiger partial charge in [-0.15, -0.1) is 0 Å². The van der Waals surface area contributed by atoms with E-state index in [1.54, 1.807) is 17.1 Å². The van der Waals surface area contributed by atoms with E-state index in [1.807, 2.05) is 51.1 Å². The van der Waals surface area contributed by atoms with Gasteiger partial charge in [0.25, 0.3) is 5.91 Å². The van der Waals surface area contributed by atoms with Crippen LogP contribution in [-0.4, -0.2) is 20.7 Å². The molecule has 0 spiro atoms. The highest BCUT2D eigenvalue weighted by atomic mass is 16.1. The van der Waals surface area contributed by atoms with Crippen LogP contribution in [0.5, 0.6) is 0 Å². The Morgan fingerprint density at radius 1 is 1.24 bits per heavy atom. The molecule has 0 saturated carbocycles. The van der Waals surface area contributed by atoms with Gasteiger partial charge in [-0.25, -0.2) is 4.68 Å². The molecule has 1 atom stereocenters. The molecular weight excluding hydrogens is 364 g/mol. The van der Waals surface area contributed by atoms with E-state index in [4.69, 9.17) is 0 Å². The fourth-order valence-corrected chi connectivity index (χ4v) is 3.62. The minimum atomic E-state index is -0.493. The Morgan fingerprint density at radius 3 is 2.76 bits per heavy atom. The van der Waals surface area contributed by atoms with Crippen LogP contribution in [-0.2, 0) is 4.79 Å². The Bertz CT molecular complexity index is 1170. The monoisotopic (exact) mass is 384 g/mol. The van der Waals surface area contributed by atoms with Crippen LogP contribution >= 0.6 is 0 Å². The summed E-state index contributed by atoms with van der Waals surface area (Å²) in [5.74, 6) is 0.345. The van der Waals surface area contributed by atoms with Gasteiger partial charge in [0.15, 0.2) is 0 Å². The van der Waals surface area contributed by atoms with E-state index < -0.39 is 6.04 Å². The molecule has 3 aromatic rings. The molecule has 0 aliphatic carbocycles. The van der Waals surface area contributed by atoms with E-state index in [0.29, 0.717) is 22.7 Å². The summed E-state index contributed by atoms with van der Waals surface area (Å²) in [6.45, 7) is 5.81. The lowest BCUT2D eigenvalue weighted by Gasteiger charge is -2.29. The number of fused-ring (bicyclic) bond motifs is 1. The lowest BCUT2D eigenvalue weighted by atomic mass is 9.95. The van der Waals surface area contributed by atoms with Crippen LogP contribution in [0.25, 0.3) is 0 Å². The summed E-state index contributed by atoms with van der Waals surface area (Å²) in [4.78, 5) is 17.6. The van der Waals surface area contributed by atoms with E-state index in [2.05, 4.69) is 26.8 Å². The molecule has 0 radical (unpaired) electrons. The molecule has 1 amide bonds. The van der Waals surface area contributed by atoms with Crippen LogP contribution in [0.1, 0.15) is 35.2 Å². The number of nitriles is 1. The fraction of sp³-hybridized carbons (Fsp3) is 0.182. The van der Waals surface area contributed by atoms with Crippen molar-refractivity contribution in [1.82, 2.24) is 14.8 Å². The molecule has 1 aromatic carbocycles. The number of aromatic nitrogens is 3. The Labute approximate surface area is 168 Å². The van der Waals surface area contributed by atoms with Gasteiger partial charge >= 0.3 is 0 Å². The molecule has 7 heteroatoms. The smallest absolute Gasteiger partial charge is 0.255 e. The predicted molar refractivity (Wildman–Crippen MR) is 110 cm³/mol. The number of amides is 1. The number of anilines is 2. The number of rotatable bonds is 3. The second-order valence-corrected chi connectivity index (χ2v) is 7.09. The van der Waals surface area contributed by atoms with Gasteiger partial charge in [-0.1, -0.05) is 23.8 Å². The van der Waals surface area contributed by atoms with Gasteiger partial charge in [0.1, 0.15) is 23.5 Å². The maximum absolute atomic E-state index is 13.3. The van der Waals surface area contributed by atoms with Gasteiger partial charge < -0.3 is 10.6 Å². The molecule has 1 aliphatic heterocycles. The first-order chi connectivity index (χ1) is 14.0. The third-order valence-electron chi connectivity index (χ3n) is 5.02. The summed E-state index contributed by atoms with van der Waals surface area (Å²) in [5, 5.41) is 20.0. The number of nitrogens with one attached hydrogen (secondary N) is 2. The first-order valence-electron chi connectivity index (χ1n) is 9.23. The van der Waals surface area contributed by atoms with Gasteiger partial charge in [0, 0.05) is 23.8 Å². The summed E-state index contributed by atoms with van der Waals surface area (Å²) in [7, 11) is 0. The van der Waals surface area contributed by atoms with Gasteiger partial charge in [0.2, 0.25) is 0 Å². The van der Waals surface area contributed by atoms with E-state index in [0.717, 1.165) is 22.4 Å². The van der Waals surface area contributed by atoms with Gasteiger partial charge in [-0.3, -0.25) is 9.78 Å². The largest absolute Gasteiger partial charge is 0.343 e. The van der Waals surface area contributed by atoms with Crippen molar-refractivity contribution in [1.29, 1.82) is 5.26 Å². The summed E-state index contributed by atoms with van der Waals surface area (Å²) in [6, 6.07) is 11.3. The van der Waals surface area contributed by atoms with E-state index >= 15 is 0 Å². The summed E-state index contributed by atoms with van der Waals surface area (Å²) >= 11 is 0. The summed E-state index contributed by atoms with van der Waals surface area (Å²) < 4.78 is 1.67. The molecule has 0 saturated heterocycles. The first kappa shape index (κ1) is 18.4. The zero-order valence-corrected chi connectivity index (χ0v) is 16.4. The molecule has 3 heterocycles. The normalized spacial score (nSPS) is 15.3. The number of carbonyl (C=O) groups is 1. The molecule has 0 fully saturated rings. The van der Waals surface area contributed by atoms with E-state index in [1.165, 1.54) is 6.20 Å². The minimum absolute atomic E-state index is 0.226. The SMILES string of the molecule is CC1=C(C(=O)Nc2ccc(C)cc2C)C(c2cccnc2)n2ncc(C#N)c2N1. The molecule has 2 N–H and O–H groups in total. The Balaban J connectivity index is 1.79. The fourth-order valence-electron chi connectivity index (χ4n) is 3.62. The average molecular weight is 384 g/mol. The molecule has 1 aliphatic rings. The number of allylic oxidation sites excluding steroid dienone is 1. The number of nitrogens with zero attached hydrogens (tertiary/aromatic N) is 4. The average Bonchev–Trinajstić information content (AvgIpc) is 3.12. The molecule has 7 nitrogen and oxygen atoms in total. The highest BCUT2D eigenvalue weighted by Gasteiger charge is 2.34. The van der Waals surface area contributed by atoms with Crippen LogP contribution < -0.4 is 10.6 Å². The molecule has 1 unspecified atom stereocenters. The molecule has 4 rings (SSSR count). The predicted octanol–water partition coefficient (Wildman–Crippen LogP) is 3.69. The van der Waals surface area contributed by atoms with Crippen LogP contribution in [0, 0.1) is 25.2 Å². The van der Waals surface area contributed by atoms with Crippen molar-refractivity contribution >= 4 is 17.4 Å². The maximum Gasteiger partial charge on any atom is 0.255 e. The topological polar surface area (TPSA) is 95.6 Å². The maximum atomic E-state index is 13.3. The third kappa shape index (κ3) is 3.25. The third-order valence-corrected chi connectivity index (χ3v) is 5.02. The molecule has 0 bridgehead atoms. The minimum Gasteiger partial charge on any atom is -0.343 e. The van der Waals surface area contributed by atoms with Crippen molar-refractivity contribution < 1.29 is 4.79 Å². The van der Waals surface area contributed by atoms with Crippen molar-refractivity contribution in [3.63, 3.8) is 0 Å². The van der Waals surface area contributed by atoms with Crippen LogP contribution in [0.2, 0.25) is 0 Å². The van der Waals surface area contributed by atoms with Crippen molar-refractivity contribution in [2.24, 2.45) is 0 Å². The number of aryl methyl sites for hydroxylation is 2. The molecular formula is C22H20N6O. The summed E-state index contributed by atoms with van der Waals surface area (Å²) in [5.41, 5.74) is 5.32. The number of benzene rings is 1. The number of hydrogen-bond donors (Lipinski definition) is 2. The number of pyridine rings is 1. The van der Waals surface area contributed by atoms with Crippen LogP contribution in [0.15, 0.2) is 60.2 Å². The highest BCUT2D eigenvalue weighted by Crippen LogP contribution is 2.37. The lowest BCUT2D eigenvalue weighted by molar-refractivity contribution is -0.113. The first-order valence-corrected chi connectivity index (χ1v) is 9.23. The Morgan fingerprint density at radius 2 is 2.07 bits per heavy atom. The van der Waals surface area contributed by atoms with Crippen LogP contribution in [0.4, 0.5) is 11.5 Å².